The third kappa shape index (κ3) is 4.03. The Hall–Kier alpha value is -2.43. The van der Waals surface area contributed by atoms with Crippen LogP contribution in [0.2, 0.25) is 0 Å². The van der Waals surface area contributed by atoms with Gasteiger partial charge in [-0.1, -0.05) is 64.8 Å². The average Bonchev–Trinajstić information content (AvgIpc) is 2.66. The minimum atomic E-state index is -0.303. The first-order valence-corrected chi connectivity index (χ1v) is 9.08. The molecule has 1 aliphatic carbocycles. The van der Waals surface area contributed by atoms with Crippen molar-refractivity contribution in [2.75, 3.05) is 0 Å². The highest BCUT2D eigenvalue weighted by atomic mass is 16.5. The number of hydrogen-bond donors (Lipinski definition) is 3. The highest BCUT2D eigenvalue weighted by Crippen LogP contribution is 2.36. The summed E-state index contributed by atoms with van der Waals surface area (Å²) >= 11 is 0. The van der Waals surface area contributed by atoms with E-state index < -0.39 is 0 Å². The molecule has 0 unspecified atom stereocenters. The largest absolute Gasteiger partial charge is 0.411 e. The number of nitrogens with zero attached hydrogens (tertiary/aromatic N) is 1. The molecule has 4 heteroatoms. The van der Waals surface area contributed by atoms with Crippen LogP contribution in [0.1, 0.15) is 47.6 Å². The zero-order valence-electron chi connectivity index (χ0n) is 15.3. The lowest BCUT2D eigenvalue weighted by Gasteiger charge is -2.31. The fourth-order valence-corrected chi connectivity index (χ4v) is 3.66. The second-order valence-corrected chi connectivity index (χ2v) is 7.08. The molecule has 1 saturated carbocycles. The standard InChI is InChI=1S/C22H26N2O2/c1-15-6-10-17(11-7-15)14-19-4-3-5-20(22(19)24-26)21(23-25)18-12-8-16(2)9-13-18/h6-14,20-21,23,25-26H,3-5H2,1-2H3/b19-14+,24-22-/t20-,21-/m1/s1. The van der Waals surface area contributed by atoms with Crippen molar-refractivity contribution in [3.05, 3.63) is 76.4 Å². The number of nitrogens with one attached hydrogen (secondary N) is 1. The van der Waals surface area contributed by atoms with Crippen molar-refractivity contribution in [2.45, 2.75) is 39.2 Å². The van der Waals surface area contributed by atoms with Crippen molar-refractivity contribution in [1.82, 2.24) is 5.48 Å². The Bertz CT molecular complexity index is 792. The molecule has 0 radical (unpaired) electrons. The molecule has 3 N–H and O–H groups in total. The van der Waals surface area contributed by atoms with E-state index in [9.17, 15) is 10.4 Å². The summed E-state index contributed by atoms with van der Waals surface area (Å²) < 4.78 is 0. The Morgan fingerprint density at radius 2 is 1.65 bits per heavy atom. The number of hydrogen-bond acceptors (Lipinski definition) is 4. The predicted molar refractivity (Wildman–Crippen MR) is 105 cm³/mol. The Morgan fingerprint density at radius 1 is 1.04 bits per heavy atom. The summed E-state index contributed by atoms with van der Waals surface area (Å²) in [5.41, 5.74) is 8.60. The lowest BCUT2D eigenvalue weighted by atomic mass is 9.77. The van der Waals surface area contributed by atoms with Crippen molar-refractivity contribution < 1.29 is 10.4 Å². The first kappa shape index (κ1) is 18.4. The highest BCUT2D eigenvalue weighted by molar-refractivity contribution is 6.06. The number of hydroxylamine groups is 1. The van der Waals surface area contributed by atoms with Gasteiger partial charge in [0.2, 0.25) is 0 Å². The van der Waals surface area contributed by atoms with Crippen LogP contribution >= 0.6 is 0 Å². The van der Waals surface area contributed by atoms with E-state index in [1.165, 1.54) is 11.1 Å². The monoisotopic (exact) mass is 350 g/mol. The molecule has 4 nitrogen and oxygen atoms in total. The highest BCUT2D eigenvalue weighted by Gasteiger charge is 2.32. The maximum Gasteiger partial charge on any atom is 0.0878 e. The zero-order chi connectivity index (χ0) is 18.5. The topological polar surface area (TPSA) is 64.8 Å². The maximum atomic E-state index is 9.81. The van der Waals surface area contributed by atoms with Crippen LogP contribution in [-0.4, -0.2) is 16.1 Å². The summed E-state index contributed by atoms with van der Waals surface area (Å²) in [5, 5.41) is 23.2. The minimum absolute atomic E-state index is 0.0850. The molecule has 0 heterocycles. The van der Waals surface area contributed by atoms with E-state index in [1.54, 1.807) is 0 Å². The van der Waals surface area contributed by atoms with Crippen molar-refractivity contribution >= 4 is 11.8 Å². The van der Waals surface area contributed by atoms with Gasteiger partial charge in [0.25, 0.3) is 0 Å². The van der Waals surface area contributed by atoms with Gasteiger partial charge in [-0.15, -0.1) is 0 Å². The van der Waals surface area contributed by atoms with Gasteiger partial charge in [-0.2, -0.15) is 5.48 Å². The molecule has 0 spiro atoms. The second kappa shape index (κ2) is 8.30. The van der Waals surface area contributed by atoms with E-state index in [0.717, 1.165) is 36.0 Å². The average molecular weight is 350 g/mol. The molecule has 0 bridgehead atoms. The molecule has 0 aliphatic heterocycles. The zero-order valence-corrected chi connectivity index (χ0v) is 15.3. The van der Waals surface area contributed by atoms with Gasteiger partial charge in [-0.25, -0.2) is 0 Å². The molecule has 0 saturated heterocycles. The predicted octanol–water partition coefficient (Wildman–Crippen LogP) is 5.04. The lowest BCUT2D eigenvalue weighted by molar-refractivity contribution is 0.106. The number of allylic oxidation sites excluding steroid dienone is 1. The molecule has 3 rings (SSSR count). The normalized spacial score (nSPS) is 21.9. The smallest absolute Gasteiger partial charge is 0.0878 e. The van der Waals surface area contributed by atoms with Crippen LogP contribution in [0.15, 0.2) is 59.3 Å². The third-order valence-corrected chi connectivity index (χ3v) is 5.15. The van der Waals surface area contributed by atoms with Gasteiger partial charge < -0.3 is 10.4 Å². The lowest BCUT2D eigenvalue weighted by Crippen LogP contribution is -2.34. The molecule has 1 fully saturated rings. The van der Waals surface area contributed by atoms with Gasteiger partial charge in [0, 0.05) is 5.92 Å². The molecule has 0 amide bonds. The Balaban J connectivity index is 1.91. The molecule has 26 heavy (non-hydrogen) atoms. The number of aryl methyl sites for hydroxylation is 2. The van der Waals surface area contributed by atoms with Crippen molar-refractivity contribution in [1.29, 1.82) is 0 Å². The van der Waals surface area contributed by atoms with Crippen molar-refractivity contribution in [3.63, 3.8) is 0 Å². The van der Waals surface area contributed by atoms with E-state index in [4.69, 9.17) is 0 Å². The Morgan fingerprint density at radius 3 is 2.23 bits per heavy atom. The van der Waals surface area contributed by atoms with Crippen LogP contribution in [0.5, 0.6) is 0 Å². The third-order valence-electron chi connectivity index (χ3n) is 5.15. The van der Waals surface area contributed by atoms with Crippen LogP contribution in [0.3, 0.4) is 0 Å². The van der Waals surface area contributed by atoms with Gasteiger partial charge in [-0.3, -0.25) is 0 Å². The van der Waals surface area contributed by atoms with Crippen molar-refractivity contribution in [2.24, 2.45) is 11.1 Å². The van der Waals surface area contributed by atoms with Gasteiger partial charge in [-0.05, 0) is 55.9 Å². The van der Waals surface area contributed by atoms with Gasteiger partial charge in [0.1, 0.15) is 0 Å². The molecule has 2 aromatic rings. The van der Waals surface area contributed by atoms with E-state index in [1.807, 2.05) is 31.2 Å². The van der Waals surface area contributed by atoms with Crippen LogP contribution < -0.4 is 5.48 Å². The van der Waals surface area contributed by atoms with Crippen LogP contribution in [0, 0.1) is 19.8 Å². The molecular weight excluding hydrogens is 324 g/mol. The van der Waals surface area contributed by atoms with Gasteiger partial charge in [0.15, 0.2) is 0 Å². The summed E-state index contributed by atoms with van der Waals surface area (Å²) in [6.45, 7) is 4.10. The summed E-state index contributed by atoms with van der Waals surface area (Å²) in [6.07, 6.45) is 4.81. The maximum absolute atomic E-state index is 9.81. The molecule has 0 aromatic heterocycles. The second-order valence-electron chi connectivity index (χ2n) is 7.08. The number of oxime groups is 1. The molecule has 1 aliphatic rings. The summed E-state index contributed by atoms with van der Waals surface area (Å²) in [6, 6.07) is 16.1. The number of benzene rings is 2. The molecule has 2 aromatic carbocycles. The van der Waals surface area contributed by atoms with Crippen LogP contribution in [0.25, 0.3) is 6.08 Å². The Kier molecular flexibility index (Phi) is 5.86. The number of rotatable bonds is 4. The minimum Gasteiger partial charge on any atom is -0.411 e. The van der Waals surface area contributed by atoms with E-state index in [0.29, 0.717) is 5.71 Å². The quantitative estimate of drug-likeness (QED) is 0.535. The summed E-state index contributed by atoms with van der Waals surface area (Å²) in [7, 11) is 0. The van der Waals surface area contributed by atoms with E-state index in [2.05, 4.69) is 47.9 Å². The Labute approximate surface area is 154 Å². The summed E-state index contributed by atoms with van der Waals surface area (Å²) in [5.74, 6) is -0.0850. The SMILES string of the molecule is Cc1ccc(/C=C2\CCC[C@H]([C@H](NO)c3ccc(C)cc3)\C2=N/O)cc1. The van der Waals surface area contributed by atoms with Crippen LogP contribution in [-0.2, 0) is 0 Å². The van der Waals surface area contributed by atoms with E-state index >= 15 is 0 Å². The van der Waals surface area contributed by atoms with E-state index in [-0.39, 0.29) is 12.0 Å². The first-order chi connectivity index (χ1) is 12.6. The van der Waals surface area contributed by atoms with Crippen molar-refractivity contribution in [3.8, 4) is 0 Å². The fourth-order valence-electron chi connectivity index (χ4n) is 3.66. The first-order valence-electron chi connectivity index (χ1n) is 9.08. The fraction of sp³-hybridized carbons (Fsp3) is 0.318. The summed E-state index contributed by atoms with van der Waals surface area (Å²) in [4.78, 5) is 0. The van der Waals surface area contributed by atoms with Gasteiger partial charge in [0.05, 0.1) is 11.8 Å². The van der Waals surface area contributed by atoms with Crippen LogP contribution in [0.4, 0.5) is 0 Å². The van der Waals surface area contributed by atoms with Gasteiger partial charge >= 0.3 is 0 Å². The molecule has 136 valence electrons. The molecule has 2 atom stereocenters. The molecular formula is C22H26N2O2.